The number of aryl methyl sites for hydroxylation is 1. The summed E-state index contributed by atoms with van der Waals surface area (Å²) in [5.74, 6) is -1.86. The second-order valence-electron chi connectivity index (χ2n) is 6.95. The monoisotopic (exact) mass is 495 g/mol. The number of hydrogen-bond donors (Lipinski definition) is 3. The zero-order chi connectivity index (χ0) is 24.5. The molecule has 0 aliphatic rings. The molecule has 0 spiro atoms. The fourth-order valence-corrected chi connectivity index (χ4v) is 4.36. The summed E-state index contributed by atoms with van der Waals surface area (Å²) in [5.41, 5.74) is 6.84. The molecule has 0 saturated heterocycles. The van der Waals surface area contributed by atoms with Crippen LogP contribution in [-0.2, 0) is 25.5 Å². The van der Waals surface area contributed by atoms with Gasteiger partial charge in [0.05, 0.1) is 24.6 Å². The Bertz CT molecular complexity index is 1020. The summed E-state index contributed by atoms with van der Waals surface area (Å²) in [7, 11) is 0. The van der Waals surface area contributed by atoms with Crippen LogP contribution in [0.15, 0.2) is 24.3 Å². The molecule has 0 bridgehead atoms. The summed E-state index contributed by atoms with van der Waals surface area (Å²) < 4.78 is 10.2. The predicted molar refractivity (Wildman–Crippen MR) is 126 cm³/mol. The largest absolute Gasteiger partial charge is 0.462 e. The van der Waals surface area contributed by atoms with E-state index in [1.807, 2.05) is 6.92 Å². The second-order valence-corrected chi connectivity index (χ2v) is 8.50. The first-order valence-electron chi connectivity index (χ1n) is 10.2. The van der Waals surface area contributed by atoms with E-state index in [-0.39, 0.29) is 13.0 Å². The van der Waals surface area contributed by atoms with Crippen LogP contribution in [0.1, 0.15) is 52.7 Å². The van der Waals surface area contributed by atoms with E-state index in [0.717, 1.165) is 10.4 Å². The average Bonchev–Trinajstić information content (AvgIpc) is 3.07. The van der Waals surface area contributed by atoms with Gasteiger partial charge in [0.15, 0.2) is 6.61 Å². The molecular formula is C22H26ClN3O6S. The molecule has 1 heterocycles. The number of benzene rings is 1. The van der Waals surface area contributed by atoms with Gasteiger partial charge in [-0.1, -0.05) is 30.7 Å². The minimum atomic E-state index is -0.813. The highest BCUT2D eigenvalue weighted by Gasteiger charge is 2.24. The number of nitrogens with one attached hydrogen (secondary N) is 2. The summed E-state index contributed by atoms with van der Waals surface area (Å²) in [5, 5.41) is 5.93. The SMILES string of the molecule is CCOC(=O)c1c(NC(=O)COC(=O)CC(NC(N)=O)c2ccc(Cl)cc2)sc(CC)c1C. The zero-order valence-corrected chi connectivity index (χ0v) is 20.1. The maximum Gasteiger partial charge on any atom is 0.341 e. The summed E-state index contributed by atoms with van der Waals surface area (Å²) in [6.07, 6.45) is 0.441. The van der Waals surface area contributed by atoms with Gasteiger partial charge in [-0.15, -0.1) is 11.3 Å². The number of amides is 3. The summed E-state index contributed by atoms with van der Waals surface area (Å²) >= 11 is 7.14. The Balaban J connectivity index is 2.02. The minimum absolute atomic E-state index is 0.203. The highest BCUT2D eigenvalue weighted by Crippen LogP contribution is 2.34. The Labute approximate surface area is 200 Å². The smallest absolute Gasteiger partial charge is 0.341 e. The van der Waals surface area contributed by atoms with Crippen LogP contribution in [0.3, 0.4) is 0 Å². The van der Waals surface area contributed by atoms with E-state index in [1.165, 1.54) is 11.3 Å². The summed E-state index contributed by atoms with van der Waals surface area (Å²) in [4.78, 5) is 49.3. The summed E-state index contributed by atoms with van der Waals surface area (Å²) in [6, 6.07) is 4.94. The number of carbonyl (C=O) groups excluding carboxylic acids is 4. The number of halogens is 1. The average molecular weight is 496 g/mol. The van der Waals surface area contributed by atoms with E-state index in [4.69, 9.17) is 26.8 Å². The number of hydrogen-bond acceptors (Lipinski definition) is 7. The van der Waals surface area contributed by atoms with Gasteiger partial charge in [-0.25, -0.2) is 9.59 Å². The van der Waals surface area contributed by atoms with Gasteiger partial charge >= 0.3 is 18.0 Å². The Morgan fingerprint density at radius 3 is 2.36 bits per heavy atom. The standard InChI is InChI=1S/C22H26ClN3O6S/c1-4-16-12(3)19(21(29)31-5-2)20(33-16)26-17(27)11-32-18(28)10-15(25-22(24)30)13-6-8-14(23)9-7-13/h6-9,15H,4-5,10-11H2,1-3H3,(H,26,27)(H3,24,25,30). The molecule has 0 radical (unpaired) electrons. The molecule has 1 aromatic heterocycles. The van der Waals surface area contributed by atoms with Crippen molar-refractivity contribution in [2.45, 2.75) is 39.7 Å². The third-order valence-electron chi connectivity index (χ3n) is 4.62. The molecule has 0 aliphatic heterocycles. The first-order valence-corrected chi connectivity index (χ1v) is 11.4. The highest BCUT2D eigenvalue weighted by molar-refractivity contribution is 7.17. The van der Waals surface area contributed by atoms with E-state index >= 15 is 0 Å². The lowest BCUT2D eigenvalue weighted by Gasteiger charge is -2.17. The zero-order valence-electron chi connectivity index (χ0n) is 18.5. The molecule has 9 nitrogen and oxygen atoms in total. The second kappa shape index (κ2) is 12.2. The van der Waals surface area contributed by atoms with Gasteiger partial charge in [0.1, 0.15) is 5.00 Å². The van der Waals surface area contributed by atoms with Crippen molar-refractivity contribution in [3.8, 4) is 0 Å². The van der Waals surface area contributed by atoms with Gasteiger partial charge in [0, 0.05) is 9.90 Å². The quantitative estimate of drug-likeness (QED) is 0.429. The van der Waals surface area contributed by atoms with Gasteiger partial charge < -0.3 is 25.8 Å². The highest BCUT2D eigenvalue weighted by atomic mass is 35.5. The van der Waals surface area contributed by atoms with Crippen LogP contribution in [0, 0.1) is 6.92 Å². The van der Waals surface area contributed by atoms with Gasteiger partial charge in [-0.3, -0.25) is 9.59 Å². The van der Waals surface area contributed by atoms with E-state index < -0.39 is 36.5 Å². The Morgan fingerprint density at radius 1 is 1.12 bits per heavy atom. The van der Waals surface area contributed by atoms with Gasteiger partial charge in [-0.2, -0.15) is 0 Å². The number of primary amides is 1. The molecule has 3 amide bonds. The maximum absolute atomic E-state index is 12.4. The number of urea groups is 1. The number of thiophene rings is 1. The van der Waals surface area contributed by atoms with Crippen LogP contribution in [0.2, 0.25) is 5.02 Å². The topological polar surface area (TPSA) is 137 Å². The third kappa shape index (κ3) is 7.47. The van der Waals surface area contributed by atoms with Crippen molar-refractivity contribution in [3.05, 3.63) is 50.9 Å². The fraction of sp³-hybridized carbons (Fsp3) is 0.364. The molecule has 33 heavy (non-hydrogen) atoms. The Morgan fingerprint density at radius 2 is 1.79 bits per heavy atom. The molecule has 2 aromatic rings. The first kappa shape index (κ1) is 26.1. The van der Waals surface area contributed by atoms with E-state index in [9.17, 15) is 19.2 Å². The molecule has 1 aromatic carbocycles. The lowest BCUT2D eigenvalue weighted by Crippen LogP contribution is -2.35. The minimum Gasteiger partial charge on any atom is -0.462 e. The Kier molecular flexibility index (Phi) is 9.68. The molecule has 11 heteroatoms. The molecular weight excluding hydrogens is 470 g/mol. The third-order valence-corrected chi connectivity index (χ3v) is 6.23. The van der Waals surface area contributed by atoms with E-state index in [0.29, 0.717) is 27.6 Å². The van der Waals surface area contributed by atoms with E-state index in [2.05, 4.69) is 10.6 Å². The first-order chi connectivity index (χ1) is 15.7. The van der Waals surface area contributed by atoms with Crippen molar-refractivity contribution < 1.29 is 28.7 Å². The van der Waals surface area contributed by atoms with Gasteiger partial charge in [-0.05, 0) is 43.5 Å². The molecule has 178 valence electrons. The van der Waals surface area contributed by atoms with Crippen molar-refractivity contribution in [1.29, 1.82) is 0 Å². The fourth-order valence-electron chi connectivity index (χ4n) is 3.09. The van der Waals surface area contributed by atoms with Crippen LogP contribution >= 0.6 is 22.9 Å². The van der Waals surface area contributed by atoms with Crippen molar-refractivity contribution in [2.24, 2.45) is 5.73 Å². The number of rotatable bonds is 10. The van der Waals surface area contributed by atoms with Gasteiger partial charge in [0.2, 0.25) is 0 Å². The molecule has 0 fully saturated rings. The van der Waals surface area contributed by atoms with Crippen molar-refractivity contribution >= 4 is 51.8 Å². The van der Waals surface area contributed by atoms with Crippen molar-refractivity contribution in [2.75, 3.05) is 18.5 Å². The molecule has 4 N–H and O–H groups in total. The van der Waals surface area contributed by atoms with Gasteiger partial charge in [0.25, 0.3) is 5.91 Å². The van der Waals surface area contributed by atoms with E-state index in [1.54, 1.807) is 38.1 Å². The van der Waals surface area contributed by atoms with Crippen LogP contribution in [-0.4, -0.2) is 37.1 Å². The van der Waals surface area contributed by atoms with Crippen LogP contribution in [0.4, 0.5) is 9.80 Å². The normalized spacial score (nSPS) is 11.4. The number of anilines is 1. The number of ether oxygens (including phenoxy) is 2. The molecule has 1 unspecified atom stereocenters. The molecule has 2 rings (SSSR count). The summed E-state index contributed by atoms with van der Waals surface area (Å²) in [6.45, 7) is 5.07. The lowest BCUT2D eigenvalue weighted by atomic mass is 10.0. The van der Waals surface area contributed by atoms with Crippen LogP contribution in [0.5, 0.6) is 0 Å². The Hall–Kier alpha value is -3.11. The van der Waals surface area contributed by atoms with Crippen LogP contribution < -0.4 is 16.4 Å². The van der Waals surface area contributed by atoms with Crippen molar-refractivity contribution in [1.82, 2.24) is 5.32 Å². The lowest BCUT2D eigenvalue weighted by molar-refractivity contribution is -0.147. The maximum atomic E-state index is 12.4. The number of esters is 2. The molecule has 1 atom stereocenters. The van der Waals surface area contributed by atoms with Crippen LogP contribution in [0.25, 0.3) is 0 Å². The number of nitrogens with two attached hydrogens (primary N) is 1. The number of carbonyl (C=O) groups is 4. The predicted octanol–water partition coefficient (Wildman–Crippen LogP) is 3.73. The van der Waals surface area contributed by atoms with Crippen molar-refractivity contribution in [3.63, 3.8) is 0 Å². The molecule has 0 aliphatic carbocycles. The molecule has 0 saturated carbocycles.